The van der Waals surface area contributed by atoms with Crippen molar-refractivity contribution >= 4 is 23.9 Å². The number of hydrogen-bond acceptors (Lipinski definition) is 9. The molecule has 13 nitrogen and oxygen atoms in total. The standard InChI is InChI=1S/C20H37N5O8/c1-2-15(21)9-16-10-24(13-19(30)31)6-5-22(11-17(26)27)3-4-23(12-18(28)29)7-8-25(16)14-20(32)33/h15-16H,2-14,21H2,1H3,(H,26,27)(H,28,29)(H,30,31)(H,32,33). The van der Waals surface area contributed by atoms with Crippen molar-refractivity contribution in [2.75, 3.05) is 72.0 Å². The summed E-state index contributed by atoms with van der Waals surface area (Å²) in [6, 6.07) is -0.584. The fourth-order valence-corrected chi connectivity index (χ4v) is 3.90. The van der Waals surface area contributed by atoms with Gasteiger partial charge in [0, 0.05) is 57.9 Å². The smallest absolute Gasteiger partial charge is 0.317 e. The molecule has 1 rings (SSSR count). The minimum Gasteiger partial charge on any atom is -0.480 e. The second kappa shape index (κ2) is 14.8. The van der Waals surface area contributed by atoms with Gasteiger partial charge in [-0.15, -0.1) is 0 Å². The second-order valence-electron chi connectivity index (χ2n) is 8.39. The average Bonchev–Trinajstić information content (AvgIpc) is 2.69. The summed E-state index contributed by atoms with van der Waals surface area (Å²) in [5.74, 6) is -4.15. The normalized spacial score (nSPS) is 21.6. The molecule has 0 aromatic carbocycles. The van der Waals surface area contributed by atoms with E-state index < -0.39 is 23.9 Å². The Hall–Kier alpha value is -2.32. The van der Waals surface area contributed by atoms with Crippen molar-refractivity contribution in [1.29, 1.82) is 0 Å². The molecule has 1 saturated heterocycles. The van der Waals surface area contributed by atoms with Crippen LogP contribution in [0.3, 0.4) is 0 Å². The maximum atomic E-state index is 11.6. The molecule has 13 heteroatoms. The van der Waals surface area contributed by atoms with Crippen molar-refractivity contribution < 1.29 is 39.6 Å². The molecular weight excluding hydrogens is 438 g/mol. The van der Waals surface area contributed by atoms with Crippen molar-refractivity contribution in [3.8, 4) is 0 Å². The topological polar surface area (TPSA) is 188 Å². The van der Waals surface area contributed by atoms with E-state index in [1.54, 1.807) is 19.6 Å². The lowest BCUT2D eigenvalue weighted by atomic mass is 10.0. The number of nitrogens with zero attached hydrogens (tertiary/aromatic N) is 4. The SMILES string of the molecule is CCC(N)CC1CN(CC(=O)O)CCN(CC(=O)O)CCN(CC(=O)O)CCN1CC(=O)O. The Bertz CT molecular complexity index is 664. The third-order valence-electron chi connectivity index (χ3n) is 5.67. The highest BCUT2D eigenvalue weighted by atomic mass is 16.4. The Morgan fingerprint density at radius 1 is 0.727 bits per heavy atom. The molecule has 1 fully saturated rings. The summed E-state index contributed by atoms with van der Waals surface area (Å²) in [5, 5.41) is 37.3. The van der Waals surface area contributed by atoms with Crippen LogP contribution in [-0.4, -0.2) is 148 Å². The van der Waals surface area contributed by atoms with Gasteiger partial charge in [-0.05, 0) is 12.8 Å². The van der Waals surface area contributed by atoms with Crippen LogP contribution in [0.25, 0.3) is 0 Å². The third kappa shape index (κ3) is 12.5. The van der Waals surface area contributed by atoms with E-state index in [2.05, 4.69) is 0 Å². The quantitative estimate of drug-likeness (QED) is 0.222. The van der Waals surface area contributed by atoms with Gasteiger partial charge in [0.15, 0.2) is 0 Å². The number of carboxylic acid groups (broad SMARTS) is 4. The highest BCUT2D eigenvalue weighted by Gasteiger charge is 2.28. The zero-order valence-corrected chi connectivity index (χ0v) is 19.1. The van der Waals surface area contributed by atoms with Crippen LogP contribution in [0.1, 0.15) is 19.8 Å². The van der Waals surface area contributed by atoms with E-state index in [-0.39, 0.29) is 84.1 Å². The highest BCUT2D eigenvalue weighted by Crippen LogP contribution is 2.13. The number of hydrogen-bond donors (Lipinski definition) is 5. The van der Waals surface area contributed by atoms with Crippen LogP contribution in [0.4, 0.5) is 0 Å². The largest absolute Gasteiger partial charge is 0.480 e. The van der Waals surface area contributed by atoms with Crippen LogP contribution < -0.4 is 5.73 Å². The maximum Gasteiger partial charge on any atom is 0.317 e. The van der Waals surface area contributed by atoms with Crippen LogP contribution in [0.2, 0.25) is 0 Å². The first kappa shape index (κ1) is 28.7. The van der Waals surface area contributed by atoms with Gasteiger partial charge < -0.3 is 26.2 Å². The summed E-state index contributed by atoms with van der Waals surface area (Å²) < 4.78 is 0. The van der Waals surface area contributed by atoms with Crippen LogP contribution >= 0.6 is 0 Å². The van der Waals surface area contributed by atoms with Gasteiger partial charge in [-0.3, -0.25) is 38.8 Å². The lowest BCUT2D eigenvalue weighted by Gasteiger charge is -2.38. The first-order valence-electron chi connectivity index (χ1n) is 11.0. The number of nitrogens with two attached hydrogens (primary N) is 1. The Labute approximate surface area is 193 Å². The lowest BCUT2D eigenvalue weighted by molar-refractivity contribution is -0.142. The van der Waals surface area contributed by atoms with Gasteiger partial charge in [-0.25, -0.2) is 0 Å². The molecule has 1 aliphatic heterocycles. The van der Waals surface area contributed by atoms with E-state index in [0.29, 0.717) is 12.8 Å². The fraction of sp³-hybridized carbons (Fsp3) is 0.800. The molecule has 0 saturated carbocycles. The summed E-state index contributed by atoms with van der Waals surface area (Å²) in [4.78, 5) is 52.3. The Balaban J connectivity index is 3.23. The molecule has 0 aromatic rings. The van der Waals surface area contributed by atoms with Gasteiger partial charge in [0.05, 0.1) is 26.2 Å². The van der Waals surface area contributed by atoms with E-state index in [1.165, 1.54) is 0 Å². The molecule has 2 unspecified atom stereocenters. The second-order valence-corrected chi connectivity index (χ2v) is 8.39. The minimum atomic E-state index is -1.04. The van der Waals surface area contributed by atoms with Gasteiger partial charge in [-0.2, -0.15) is 0 Å². The Kier molecular flexibility index (Phi) is 12.8. The van der Waals surface area contributed by atoms with E-state index in [0.717, 1.165) is 0 Å². The van der Waals surface area contributed by atoms with Gasteiger partial charge in [0.2, 0.25) is 0 Å². The predicted molar refractivity (Wildman–Crippen MR) is 118 cm³/mol. The molecule has 0 aromatic heterocycles. The van der Waals surface area contributed by atoms with Gasteiger partial charge in [0.1, 0.15) is 0 Å². The molecule has 190 valence electrons. The van der Waals surface area contributed by atoms with E-state index in [9.17, 15) is 39.6 Å². The lowest BCUT2D eigenvalue weighted by Crippen LogP contribution is -2.54. The minimum absolute atomic E-state index is 0.218. The van der Waals surface area contributed by atoms with Crippen LogP contribution in [0, 0.1) is 0 Å². The molecular formula is C20H37N5O8. The molecule has 0 bridgehead atoms. The van der Waals surface area contributed by atoms with Crippen molar-refractivity contribution in [2.45, 2.75) is 31.8 Å². The molecule has 33 heavy (non-hydrogen) atoms. The summed E-state index contributed by atoms with van der Waals surface area (Å²) >= 11 is 0. The molecule has 6 N–H and O–H groups in total. The molecule has 0 radical (unpaired) electrons. The number of rotatable bonds is 11. The zero-order valence-electron chi connectivity index (χ0n) is 19.1. The van der Waals surface area contributed by atoms with Gasteiger partial charge >= 0.3 is 23.9 Å². The zero-order chi connectivity index (χ0) is 25.0. The van der Waals surface area contributed by atoms with Crippen LogP contribution in [0.5, 0.6) is 0 Å². The summed E-state index contributed by atoms with van der Waals surface area (Å²) in [7, 11) is 0. The summed E-state index contributed by atoms with van der Waals surface area (Å²) in [6.07, 6.45) is 1.10. The van der Waals surface area contributed by atoms with Crippen molar-refractivity contribution in [3.63, 3.8) is 0 Å². The number of carbonyl (C=O) groups is 4. The third-order valence-corrected chi connectivity index (χ3v) is 5.67. The Morgan fingerprint density at radius 2 is 1.12 bits per heavy atom. The van der Waals surface area contributed by atoms with Crippen LogP contribution in [-0.2, 0) is 19.2 Å². The number of carboxylic acids is 4. The fourth-order valence-electron chi connectivity index (χ4n) is 3.90. The van der Waals surface area contributed by atoms with E-state index >= 15 is 0 Å². The monoisotopic (exact) mass is 475 g/mol. The van der Waals surface area contributed by atoms with Gasteiger partial charge in [-0.1, -0.05) is 6.92 Å². The highest BCUT2D eigenvalue weighted by molar-refractivity contribution is 5.70. The maximum absolute atomic E-state index is 11.6. The summed E-state index contributed by atoms with van der Waals surface area (Å²) in [5.41, 5.74) is 6.16. The van der Waals surface area contributed by atoms with Gasteiger partial charge in [0.25, 0.3) is 0 Å². The average molecular weight is 476 g/mol. The summed E-state index contributed by atoms with van der Waals surface area (Å²) in [6.45, 7) is 2.69. The van der Waals surface area contributed by atoms with E-state index in [1.807, 2.05) is 6.92 Å². The molecule has 1 heterocycles. The van der Waals surface area contributed by atoms with Crippen molar-refractivity contribution in [3.05, 3.63) is 0 Å². The van der Waals surface area contributed by atoms with E-state index in [4.69, 9.17) is 5.73 Å². The molecule has 2 atom stereocenters. The first-order valence-corrected chi connectivity index (χ1v) is 11.0. The first-order chi connectivity index (χ1) is 15.5. The predicted octanol–water partition coefficient (Wildman–Crippen LogP) is -1.96. The van der Waals surface area contributed by atoms with Crippen molar-refractivity contribution in [2.24, 2.45) is 5.73 Å². The number of aliphatic carboxylic acids is 4. The molecule has 1 aliphatic rings. The molecule has 0 aliphatic carbocycles. The molecule has 0 spiro atoms. The molecule has 0 amide bonds. The van der Waals surface area contributed by atoms with Crippen LogP contribution in [0.15, 0.2) is 0 Å². The van der Waals surface area contributed by atoms with Crippen molar-refractivity contribution in [1.82, 2.24) is 19.6 Å². The Morgan fingerprint density at radius 3 is 1.55 bits per heavy atom.